The molecule has 0 fully saturated rings. The van der Waals surface area contributed by atoms with Crippen LogP contribution in [0.25, 0.3) is 5.69 Å². The van der Waals surface area contributed by atoms with Crippen molar-refractivity contribution in [2.45, 2.75) is 19.5 Å². The minimum atomic E-state index is -4.65. The van der Waals surface area contributed by atoms with Gasteiger partial charge in [-0.05, 0) is 42.8 Å². The maximum Gasteiger partial charge on any atom is 0.416 e. The standard InChI is InChI=1S/C20H17F4N3O3/c1-3-30-19(28)17-11-27(26-18(17)29-2)16-4-5-25-15(10-16)8-12-6-13(20(22,23)24)9-14(21)7-12/h4-7,9-11H,3,8H2,1-2H3. The van der Waals surface area contributed by atoms with Crippen LogP contribution in [-0.2, 0) is 17.3 Å². The first-order valence-corrected chi connectivity index (χ1v) is 8.84. The van der Waals surface area contributed by atoms with Gasteiger partial charge in [0, 0.05) is 24.5 Å². The van der Waals surface area contributed by atoms with Crippen molar-refractivity contribution in [1.82, 2.24) is 14.8 Å². The second kappa shape index (κ2) is 8.52. The Bertz CT molecular complexity index is 1060. The van der Waals surface area contributed by atoms with E-state index in [-0.39, 0.29) is 30.0 Å². The minimum Gasteiger partial charge on any atom is -0.479 e. The zero-order valence-corrected chi connectivity index (χ0v) is 16.0. The highest BCUT2D eigenvalue weighted by atomic mass is 19.4. The number of esters is 1. The van der Waals surface area contributed by atoms with E-state index in [2.05, 4.69) is 10.1 Å². The Hall–Kier alpha value is -3.43. The molecule has 0 atom stereocenters. The quantitative estimate of drug-likeness (QED) is 0.439. The molecule has 2 heterocycles. The van der Waals surface area contributed by atoms with Gasteiger partial charge in [-0.15, -0.1) is 5.10 Å². The van der Waals surface area contributed by atoms with E-state index in [1.54, 1.807) is 19.1 Å². The monoisotopic (exact) mass is 423 g/mol. The van der Waals surface area contributed by atoms with Crippen molar-refractivity contribution in [1.29, 1.82) is 0 Å². The number of methoxy groups -OCH3 is 1. The van der Waals surface area contributed by atoms with E-state index in [4.69, 9.17) is 9.47 Å². The molecule has 6 nitrogen and oxygen atoms in total. The van der Waals surface area contributed by atoms with Crippen LogP contribution in [-0.4, -0.2) is 34.5 Å². The van der Waals surface area contributed by atoms with Crippen LogP contribution in [0.1, 0.15) is 34.1 Å². The van der Waals surface area contributed by atoms with Gasteiger partial charge in [-0.25, -0.2) is 13.9 Å². The first-order valence-electron chi connectivity index (χ1n) is 8.84. The van der Waals surface area contributed by atoms with Gasteiger partial charge in [0.2, 0.25) is 5.88 Å². The summed E-state index contributed by atoms with van der Waals surface area (Å²) in [6.45, 7) is 1.85. The van der Waals surface area contributed by atoms with Gasteiger partial charge in [-0.3, -0.25) is 4.98 Å². The molecule has 158 valence electrons. The molecule has 2 aromatic heterocycles. The molecule has 3 aromatic rings. The number of hydrogen-bond donors (Lipinski definition) is 0. The number of halogens is 4. The van der Waals surface area contributed by atoms with Gasteiger partial charge in [-0.2, -0.15) is 13.2 Å². The number of alkyl halides is 3. The number of aromatic nitrogens is 3. The highest BCUT2D eigenvalue weighted by Crippen LogP contribution is 2.31. The number of benzene rings is 1. The van der Waals surface area contributed by atoms with Gasteiger partial charge >= 0.3 is 12.1 Å². The van der Waals surface area contributed by atoms with Crippen molar-refractivity contribution in [2.75, 3.05) is 13.7 Å². The summed E-state index contributed by atoms with van der Waals surface area (Å²) in [5.41, 5.74) is 0.0547. The van der Waals surface area contributed by atoms with E-state index in [1.807, 2.05) is 0 Å². The van der Waals surface area contributed by atoms with Crippen molar-refractivity contribution in [3.8, 4) is 11.6 Å². The molecule has 0 aliphatic rings. The molecule has 3 rings (SSSR count). The van der Waals surface area contributed by atoms with Crippen LogP contribution >= 0.6 is 0 Å². The normalized spacial score (nSPS) is 11.4. The highest BCUT2D eigenvalue weighted by molar-refractivity contribution is 5.91. The van der Waals surface area contributed by atoms with Crippen LogP contribution in [0.3, 0.4) is 0 Å². The second-order valence-corrected chi connectivity index (χ2v) is 6.25. The van der Waals surface area contributed by atoms with E-state index in [9.17, 15) is 22.4 Å². The van der Waals surface area contributed by atoms with E-state index in [0.29, 0.717) is 17.4 Å². The predicted molar refractivity (Wildman–Crippen MR) is 98.1 cm³/mol. The largest absolute Gasteiger partial charge is 0.479 e. The third-order valence-electron chi connectivity index (χ3n) is 4.10. The van der Waals surface area contributed by atoms with Gasteiger partial charge in [0.15, 0.2) is 0 Å². The third kappa shape index (κ3) is 4.76. The zero-order valence-electron chi connectivity index (χ0n) is 16.0. The maximum atomic E-state index is 13.6. The number of carbonyl (C=O) groups is 1. The molecule has 0 saturated heterocycles. The molecule has 0 unspecified atom stereocenters. The van der Waals surface area contributed by atoms with E-state index >= 15 is 0 Å². The average molecular weight is 423 g/mol. The van der Waals surface area contributed by atoms with Crippen LogP contribution in [0.4, 0.5) is 17.6 Å². The summed E-state index contributed by atoms with van der Waals surface area (Å²) in [6.07, 6.45) is -1.83. The Labute approximate surface area is 169 Å². The summed E-state index contributed by atoms with van der Waals surface area (Å²) < 4.78 is 63.8. The second-order valence-electron chi connectivity index (χ2n) is 6.25. The third-order valence-corrected chi connectivity index (χ3v) is 4.10. The molecule has 0 aliphatic heterocycles. The summed E-state index contributed by atoms with van der Waals surface area (Å²) in [6, 6.07) is 5.52. The Morgan fingerprint density at radius 2 is 1.97 bits per heavy atom. The van der Waals surface area contributed by atoms with Crippen molar-refractivity contribution in [2.24, 2.45) is 0 Å². The summed E-state index contributed by atoms with van der Waals surface area (Å²) in [5.74, 6) is -1.52. The summed E-state index contributed by atoms with van der Waals surface area (Å²) in [4.78, 5) is 16.2. The molecule has 0 radical (unpaired) electrons. The fourth-order valence-corrected chi connectivity index (χ4v) is 2.82. The van der Waals surface area contributed by atoms with Crippen LogP contribution in [0.5, 0.6) is 5.88 Å². The average Bonchev–Trinajstić information content (AvgIpc) is 3.12. The number of carbonyl (C=O) groups excluding carboxylic acids is 1. The molecule has 1 aromatic carbocycles. The van der Waals surface area contributed by atoms with Gasteiger partial charge < -0.3 is 9.47 Å². The molecular formula is C20H17F4N3O3. The minimum absolute atomic E-state index is 0.0299. The summed E-state index contributed by atoms with van der Waals surface area (Å²) in [5, 5.41) is 4.17. The molecule has 0 bridgehead atoms. The Kier molecular flexibility index (Phi) is 6.04. The van der Waals surface area contributed by atoms with Crippen molar-refractivity contribution in [3.63, 3.8) is 0 Å². The molecule has 0 amide bonds. The SMILES string of the molecule is CCOC(=O)c1cn(-c2ccnc(Cc3cc(F)cc(C(F)(F)F)c3)c2)nc1OC. The lowest BCUT2D eigenvalue weighted by Gasteiger charge is -2.10. The van der Waals surface area contributed by atoms with E-state index < -0.39 is 23.5 Å². The first-order chi connectivity index (χ1) is 14.2. The number of nitrogens with zero attached hydrogens (tertiary/aromatic N) is 3. The first kappa shape index (κ1) is 21.3. The van der Waals surface area contributed by atoms with Crippen LogP contribution < -0.4 is 4.74 Å². The molecule has 0 N–H and O–H groups in total. The molecule has 10 heteroatoms. The molecular weight excluding hydrogens is 406 g/mol. The highest BCUT2D eigenvalue weighted by Gasteiger charge is 2.31. The van der Waals surface area contributed by atoms with Crippen LogP contribution in [0.15, 0.2) is 42.7 Å². The van der Waals surface area contributed by atoms with Gasteiger partial charge in [0.25, 0.3) is 0 Å². The molecule has 30 heavy (non-hydrogen) atoms. The number of ether oxygens (including phenoxy) is 2. The fourth-order valence-electron chi connectivity index (χ4n) is 2.82. The summed E-state index contributed by atoms with van der Waals surface area (Å²) >= 11 is 0. The van der Waals surface area contributed by atoms with Gasteiger partial charge in [0.05, 0.1) is 25.0 Å². The number of rotatable bonds is 6. The van der Waals surface area contributed by atoms with Gasteiger partial charge in [0.1, 0.15) is 11.4 Å². The van der Waals surface area contributed by atoms with Crippen LogP contribution in [0.2, 0.25) is 0 Å². The molecule has 0 aliphatic carbocycles. The topological polar surface area (TPSA) is 66.2 Å². The van der Waals surface area contributed by atoms with Crippen molar-refractivity contribution >= 4 is 5.97 Å². The number of hydrogen-bond acceptors (Lipinski definition) is 5. The Morgan fingerprint density at radius 1 is 1.20 bits per heavy atom. The van der Waals surface area contributed by atoms with E-state index in [0.717, 1.165) is 12.1 Å². The Morgan fingerprint density at radius 3 is 2.63 bits per heavy atom. The maximum absolute atomic E-state index is 13.6. The lowest BCUT2D eigenvalue weighted by atomic mass is 10.0. The van der Waals surface area contributed by atoms with Gasteiger partial charge in [-0.1, -0.05) is 0 Å². The zero-order chi connectivity index (χ0) is 21.9. The predicted octanol–water partition coefficient (Wildman–Crippen LogP) is 4.20. The Balaban J connectivity index is 1.91. The smallest absolute Gasteiger partial charge is 0.416 e. The fraction of sp³-hybridized carbons (Fsp3) is 0.250. The lowest BCUT2D eigenvalue weighted by molar-refractivity contribution is -0.137. The lowest BCUT2D eigenvalue weighted by Crippen LogP contribution is -2.07. The number of pyridine rings is 1. The molecule has 0 saturated carbocycles. The molecule has 0 spiro atoms. The van der Waals surface area contributed by atoms with Crippen LogP contribution in [0, 0.1) is 5.82 Å². The van der Waals surface area contributed by atoms with E-state index in [1.165, 1.54) is 24.2 Å². The van der Waals surface area contributed by atoms with Crippen molar-refractivity contribution in [3.05, 3.63) is 70.9 Å². The van der Waals surface area contributed by atoms with Crippen molar-refractivity contribution < 1.29 is 31.8 Å². The summed E-state index contributed by atoms with van der Waals surface area (Å²) in [7, 11) is 1.36.